The number of anilines is 2. The van der Waals surface area contributed by atoms with Gasteiger partial charge in [-0.2, -0.15) is 10.2 Å². The lowest BCUT2D eigenvalue weighted by molar-refractivity contribution is 0.337. The third kappa shape index (κ3) is 3.92. The summed E-state index contributed by atoms with van der Waals surface area (Å²) in [6.45, 7) is 2.24. The summed E-state index contributed by atoms with van der Waals surface area (Å²) in [6, 6.07) is 7.78. The molecule has 40 heavy (non-hydrogen) atoms. The number of likely N-dealkylation sites (N-methyl/N-ethyl adjacent to an activating group) is 1. The Morgan fingerprint density at radius 3 is 2.75 bits per heavy atom. The van der Waals surface area contributed by atoms with E-state index in [2.05, 4.69) is 26.2 Å². The van der Waals surface area contributed by atoms with Gasteiger partial charge in [0.1, 0.15) is 22.7 Å². The molecule has 2 unspecified atom stereocenters. The molecule has 0 amide bonds. The van der Waals surface area contributed by atoms with Crippen molar-refractivity contribution in [1.82, 2.24) is 19.8 Å². The lowest BCUT2D eigenvalue weighted by atomic mass is 9.97. The maximum absolute atomic E-state index is 14.9. The van der Waals surface area contributed by atoms with Gasteiger partial charge >= 0.3 is 5.69 Å². The van der Waals surface area contributed by atoms with Crippen molar-refractivity contribution in [3.05, 3.63) is 45.1 Å². The molecule has 2 aromatic heterocycles. The van der Waals surface area contributed by atoms with Gasteiger partial charge < -0.3 is 20.9 Å². The van der Waals surface area contributed by atoms with Crippen LogP contribution in [0.15, 0.2) is 27.9 Å². The highest BCUT2D eigenvalue weighted by molar-refractivity contribution is 7.99. The molecular formula is C28H27ClFN7OS2. The second kappa shape index (κ2) is 9.60. The van der Waals surface area contributed by atoms with Gasteiger partial charge in [0.2, 0.25) is 0 Å². The molecular weight excluding hydrogens is 569 g/mol. The summed E-state index contributed by atoms with van der Waals surface area (Å²) in [5, 5.41) is 15.6. The number of halogens is 2. The Morgan fingerprint density at radius 1 is 1.30 bits per heavy atom. The minimum Gasteiger partial charge on any atom is -0.389 e. The molecule has 0 aliphatic carbocycles. The summed E-state index contributed by atoms with van der Waals surface area (Å²) in [5.41, 5.74) is 8.23. The highest BCUT2D eigenvalue weighted by Gasteiger charge is 2.36. The Kier molecular flexibility index (Phi) is 6.25. The largest absolute Gasteiger partial charge is 0.389 e. The van der Waals surface area contributed by atoms with Crippen LogP contribution in [0.4, 0.5) is 15.2 Å². The number of fused-ring (bicyclic) bond motifs is 3. The number of benzene rings is 2. The van der Waals surface area contributed by atoms with E-state index in [-0.39, 0.29) is 22.3 Å². The highest BCUT2D eigenvalue weighted by Crippen LogP contribution is 2.51. The Hall–Kier alpha value is -2.88. The summed E-state index contributed by atoms with van der Waals surface area (Å²) in [4.78, 5) is 23.6. The van der Waals surface area contributed by atoms with Crippen LogP contribution >= 0.6 is 34.7 Å². The van der Waals surface area contributed by atoms with Crippen molar-refractivity contribution in [2.75, 3.05) is 50.1 Å². The smallest absolute Gasteiger partial charge is 0.350 e. The Labute approximate surface area is 243 Å². The average Bonchev–Trinajstić information content (AvgIpc) is 3.44. The fourth-order valence-electron chi connectivity index (χ4n) is 6.59. The number of piperazine rings is 1. The van der Waals surface area contributed by atoms with Gasteiger partial charge in [-0.05, 0) is 44.6 Å². The van der Waals surface area contributed by atoms with Crippen LogP contribution in [0.25, 0.3) is 32.1 Å². The van der Waals surface area contributed by atoms with Crippen molar-refractivity contribution in [1.29, 1.82) is 5.26 Å². The maximum Gasteiger partial charge on any atom is 0.350 e. The van der Waals surface area contributed by atoms with E-state index < -0.39 is 5.82 Å². The Balaban J connectivity index is 1.55. The standard InChI is InChI=1S/C28H27ClFN7OS2/c1-35(2)11-15-12-39-25-22(16-5-6-20(30)24-21(16)18(8-31)26(32)40-24)19(29)7-17-23(25)37(15)28(38)34-27(17)36-9-13-3-4-14(10-36)33-13/h5-7,13-15,33H,3-4,9-12,32H2,1-2H3/t13?,14?,15-/m0/s1. The van der Waals surface area contributed by atoms with Gasteiger partial charge in [-0.15, -0.1) is 23.1 Å². The van der Waals surface area contributed by atoms with E-state index in [0.717, 1.165) is 53.1 Å². The van der Waals surface area contributed by atoms with Crippen molar-refractivity contribution >= 4 is 66.5 Å². The van der Waals surface area contributed by atoms with Crippen molar-refractivity contribution in [3.8, 4) is 17.2 Å². The molecule has 3 atom stereocenters. The number of hydrogen-bond donors (Lipinski definition) is 2. The molecule has 8 nitrogen and oxygen atoms in total. The molecule has 0 spiro atoms. The minimum absolute atomic E-state index is 0.0861. The average molecular weight is 596 g/mol. The zero-order valence-corrected chi connectivity index (χ0v) is 24.4. The second-order valence-electron chi connectivity index (χ2n) is 11.1. The van der Waals surface area contributed by atoms with Gasteiger partial charge in [0.05, 0.1) is 26.8 Å². The van der Waals surface area contributed by atoms with Crippen LogP contribution in [0.1, 0.15) is 24.4 Å². The number of thiophene rings is 1. The predicted molar refractivity (Wildman–Crippen MR) is 161 cm³/mol. The number of thioether (sulfide) groups is 1. The predicted octanol–water partition coefficient (Wildman–Crippen LogP) is 4.67. The number of hydrogen-bond acceptors (Lipinski definition) is 9. The third-order valence-electron chi connectivity index (χ3n) is 8.17. The van der Waals surface area contributed by atoms with Gasteiger partial charge in [0, 0.05) is 58.7 Å². The van der Waals surface area contributed by atoms with Crippen molar-refractivity contribution < 1.29 is 4.39 Å². The molecule has 5 heterocycles. The lowest BCUT2D eigenvalue weighted by Gasteiger charge is -2.36. The number of nitriles is 1. The van der Waals surface area contributed by atoms with Crippen molar-refractivity contribution in [3.63, 3.8) is 0 Å². The van der Waals surface area contributed by atoms with E-state index in [9.17, 15) is 14.4 Å². The van der Waals surface area contributed by atoms with Crippen LogP contribution in [0.3, 0.4) is 0 Å². The van der Waals surface area contributed by atoms with Gasteiger partial charge in [0.25, 0.3) is 0 Å². The second-order valence-corrected chi connectivity index (χ2v) is 13.6. The number of nitrogens with one attached hydrogen (secondary N) is 1. The van der Waals surface area contributed by atoms with Crippen LogP contribution in [0.2, 0.25) is 5.02 Å². The summed E-state index contributed by atoms with van der Waals surface area (Å²) in [5.74, 6) is 0.878. The monoisotopic (exact) mass is 595 g/mol. The number of nitrogens with zero attached hydrogens (tertiary/aromatic N) is 5. The highest BCUT2D eigenvalue weighted by atomic mass is 35.5. The van der Waals surface area contributed by atoms with Crippen LogP contribution in [0, 0.1) is 17.1 Å². The van der Waals surface area contributed by atoms with E-state index in [1.54, 1.807) is 17.8 Å². The number of aromatic nitrogens is 2. The molecule has 2 aromatic carbocycles. The van der Waals surface area contributed by atoms with Crippen LogP contribution < -0.4 is 21.6 Å². The quantitative estimate of drug-likeness (QED) is 0.351. The van der Waals surface area contributed by atoms with Gasteiger partial charge in [0.15, 0.2) is 0 Å². The summed E-state index contributed by atoms with van der Waals surface area (Å²) in [6.07, 6.45) is 2.22. The van der Waals surface area contributed by atoms with Crippen molar-refractivity contribution in [2.45, 2.75) is 35.9 Å². The molecule has 12 heteroatoms. The van der Waals surface area contributed by atoms with E-state index in [1.165, 1.54) is 6.07 Å². The first kappa shape index (κ1) is 26.0. The molecule has 4 aromatic rings. The Bertz CT molecular complexity index is 1800. The molecule has 2 saturated heterocycles. The van der Waals surface area contributed by atoms with Crippen LogP contribution in [-0.4, -0.2) is 66.0 Å². The summed E-state index contributed by atoms with van der Waals surface area (Å²) < 4.78 is 17.1. The normalized spacial score (nSPS) is 22.0. The third-order valence-corrected chi connectivity index (χ3v) is 10.7. The SMILES string of the molecule is CN(C)C[C@H]1CSc2c(-c3ccc(F)c4sc(N)c(C#N)c34)c(Cl)cc3c(N4CC5CCC(C4)N5)nc(=O)n1c23. The van der Waals surface area contributed by atoms with Gasteiger partial charge in [-0.25, -0.2) is 9.18 Å². The molecule has 0 saturated carbocycles. The first-order valence-electron chi connectivity index (χ1n) is 13.2. The zero-order chi connectivity index (χ0) is 27.9. The number of nitrogen functional groups attached to an aromatic ring is 1. The zero-order valence-electron chi connectivity index (χ0n) is 22.0. The molecule has 3 N–H and O–H groups in total. The van der Waals surface area contributed by atoms with Gasteiger partial charge in [-0.1, -0.05) is 17.7 Å². The first-order chi connectivity index (χ1) is 19.2. The molecule has 3 aliphatic heterocycles. The fourth-order valence-corrected chi connectivity index (χ4v) is 9.22. The van der Waals surface area contributed by atoms with E-state index in [1.807, 2.05) is 24.7 Å². The summed E-state index contributed by atoms with van der Waals surface area (Å²) >= 11 is 9.82. The topological polar surface area (TPSA) is 103 Å². The van der Waals surface area contributed by atoms with Crippen molar-refractivity contribution in [2.24, 2.45) is 0 Å². The number of nitrogens with two attached hydrogens (primary N) is 1. The minimum atomic E-state index is -0.432. The fraction of sp³-hybridized carbons (Fsp3) is 0.393. The molecule has 7 rings (SSSR count). The van der Waals surface area contributed by atoms with Crippen LogP contribution in [-0.2, 0) is 0 Å². The van der Waals surface area contributed by atoms with E-state index in [0.29, 0.717) is 56.4 Å². The lowest BCUT2D eigenvalue weighted by Crippen LogP contribution is -2.52. The molecule has 2 fully saturated rings. The Morgan fingerprint density at radius 2 is 2.05 bits per heavy atom. The molecule has 2 bridgehead atoms. The first-order valence-corrected chi connectivity index (χ1v) is 15.4. The maximum atomic E-state index is 14.9. The molecule has 0 radical (unpaired) electrons. The van der Waals surface area contributed by atoms with Crippen LogP contribution in [0.5, 0.6) is 0 Å². The number of rotatable bonds is 4. The van der Waals surface area contributed by atoms with Gasteiger partial charge in [-0.3, -0.25) is 4.57 Å². The molecule has 206 valence electrons. The molecule has 3 aliphatic rings. The van der Waals surface area contributed by atoms with E-state index >= 15 is 0 Å². The summed E-state index contributed by atoms with van der Waals surface area (Å²) in [7, 11) is 3.99. The van der Waals surface area contributed by atoms with E-state index in [4.69, 9.17) is 17.3 Å².